The zero-order valence-corrected chi connectivity index (χ0v) is 9.34. The van der Waals surface area contributed by atoms with E-state index >= 15 is 0 Å². The normalized spacial score (nSPS) is 21.2. The highest BCUT2D eigenvalue weighted by molar-refractivity contribution is 8.88. The van der Waals surface area contributed by atoms with Crippen LogP contribution in [0.4, 0.5) is 0 Å². The van der Waals surface area contributed by atoms with E-state index < -0.39 is 5.70 Å². The van der Waals surface area contributed by atoms with Crippen molar-refractivity contribution in [2.24, 2.45) is 10.3 Å². The molecule has 0 amide bonds. The zero-order valence-electron chi connectivity index (χ0n) is 6.81. The van der Waals surface area contributed by atoms with Crippen molar-refractivity contribution in [2.45, 2.75) is 19.3 Å². The molecule has 0 radical (unpaired) electrons. The molecule has 1 aliphatic rings. The van der Waals surface area contributed by atoms with Crippen LogP contribution in [0.25, 0.3) is 0 Å². The van der Waals surface area contributed by atoms with E-state index in [0.29, 0.717) is 0 Å². The molecule has 4 nitrogen and oxygen atoms in total. The summed E-state index contributed by atoms with van der Waals surface area (Å²) in [5.41, 5.74) is -2.53. The predicted molar refractivity (Wildman–Crippen MR) is 56.6 cm³/mol. The maximum Gasteiger partial charge on any atom is 0.285 e. The standard InChI is InChI=1S/C5H14N3OPS2/c6-11-10(9,12-7)8-4-2-1-3-5-8/h1-7H2. The van der Waals surface area contributed by atoms with Gasteiger partial charge in [-0.3, -0.25) is 14.8 Å². The van der Waals surface area contributed by atoms with Crippen molar-refractivity contribution in [1.82, 2.24) is 4.67 Å². The first-order valence-corrected chi connectivity index (χ1v) is 8.48. The van der Waals surface area contributed by atoms with E-state index in [1.807, 2.05) is 4.67 Å². The monoisotopic (exact) mass is 227 g/mol. The molecule has 0 saturated carbocycles. The Kier molecular flexibility index (Phi) is 4.43. The lowest BCUT2D eigenvalue weighted by Crippen LogP contribution is -2.25. The molecule has 0 aromatic heterocycles. The summed E-state index contributed by atoms with van der Waals surface area (Å²) >= 11 is 1.80. The third-order valence-corrected chi connectivity index (χ3v) is 8.10. The Morgan fingerprint density at radius 1 is 1.08 bits per heavy atom. The van der Waals surface area contributed by atoms with Gasteiger partial charge in [0.25, 0.3) is 5.70 Å². The van der Waals surface area contributed by atoms with Gasteiger partial charge in [0.1, 0.15) is 0 Å². The quantitative estimate of drug-likeness (QED) is 0.565. The van der Waals surface area contributed by atoms with Crippen LogP contribution in [0.5, 0.6) is 0 Å². The van der Waals surface area contributed by atoms with Gasteiger partial charge < -0.3 is 0 Å². The fourth-order valence-corrected chi connectivity index (χ4v) is 4.75. The van der Waals surface area contributed by atoms with Crippen molar-refractivity contribution >= 4 is 28.8 Å². The molecule has 0 spiro atoms. The number of piperidine rings is 1. The van der Waals surface area contributed by atoms with E-state index in [1.54, 1.807) is 0 Å². The van der Waals surface area contributed by atoms with Gasteiger partial charge in [-0.25, -0.2) is 4.67 Å². The van der Waals surface area contributed by atoms with E-state index in [0.717, 1.165) is 49.1 Å². The van der Waals surface area contributed by atoms with Crippen molar-refractivity contribution in [3.05, 3.63) is 0 Å². The van der Waals surface area contributed by atoms with Crippen LogP contribution in [-0.4, -0.2) is 17.8 Å². The van der Waals surface area contributed by atoms with Crippen LogP contribution in [0.15, 0.2) is 0 Å². The molecule has 12 heavy (non-hydrogen) atoms. The smallest absolute Gasteiger partial charge is 0.280 e. The van der Waals surface area contributed by atoms with Gasteiger partial charge in [-0.15, -0.1) is 0 Å². The van der Waals surface area contributed by atoms with Crippen LogP contribution in [-0.2, 0) is 4.57 Å². The Balaban J connectivity index is 2.58. The van der Waals surface area contributed by atoms with Gasteiger partial charge >= 0.3 is 0 Å². The Morgan fingerprint density at radius 3 is 2.00 bits per heavy atom. The van der Waals surface area contributed by atoms with Gasteiger partial charge in [0.15, 0.2) is 0 Å². The lowest BCUT2D eigenvalue weighted by atomic mass is 10.2. The van der Waals surface area contributed by atoms with Gasteiger partial charge in [0.05, 0.1) is 0 Å². The molecule has 0 aliphatic carbocycles. The number of nitrogens with zero attached hydrogens (tertiary/aromatic N) is 1. The average molecular weight is 227 g/mol. The number of hydrogen-bond acceptors (Lipinski definition) is 5. The van der Waals surface area contributed by atoms with Gasteiger partial charge in [-0.05, 0) is 12.8 Å². The molecule has 1 rings (SSSR count). The van der Waals surface area contributed by atoms with Crippen LogP contribution in [0.3, 0.4) is 0 Å². The van der Waals surface area contributed by atoms with Crippen molar-refractivity contribution in [1.29, 1.82) is 0 Å². The Morgan fingerprint density at radius 2 is 1.58 bits per heavy atom. The maximum absolute atomic E-state index is 11.9. The first-order chi connectivity index (χ1) is 5.73. The van der Waals surface area contributed by atoms with Crippen LogP contribution in [0.2, 0.25) is 0 Å². The third kappa shape index (κ3) is 2.40. The zero-order chi connectivity index (χ0) is 9.03. The molecule has 0 atom stereocenters. The fraction of sp³-hybridized carbons (Fsp3) is 1.00. The summed E-state index contributed by atoms with van der Waals surface area (Å²) in [5, 5.41) is 10.7. The summed E-state index contributed by atoms with van der Waals surface area (Å²) in [6.07, 6.45) is 3.43. The molecule has 1 heterocycles. The highest BCUT2D eigenvalue weighted by Crippen LogP contribution is 2.67. The van der Waals surface area contributed by atoms with E-state index in [1.165, 1.54) is 6.42 Å². The fourth-order valence-electron chi connectivity index (χ4n) is 1.28. The van der Waals surface area contributed by atoms with E-state index in [9.17, 15) is 4.57 Å². The molecule has 0 aromatic carbocycles. The minimum atomic E-state index is -2.53. The highest BCUT2D eigenvalue weighted by Gasteiger charge is 2.31. The van der Waals surface area contributed by atoms with E-state index in [2.05, 4.69) is 0 Å². The summed E-state index contributed by atoms with van der Waals surface area (Å²) in [7, 11) is 0. The van der Waals surface area contributed by atoms with E-state index in [4.69, 9.17) is 10.3 Å². The molecule has 4 N–H and O–H groups in total. The van der Waals surface area contributed by atoms with Crippen molar-refractivity contribution < 1.29 is 4.57 Å². The average Bonchev–Trinajstić information content (AvgIpc) is 2.18. The summed E-state index contributed by atoms with van der Waals surface area (Å²) in [6, 6.07) is 0. The second kappa shape index (κ2) is 4.88. The van der Waals surface area contributed by atoms with Gasteiger partial charge in [0, 0.05) is 36.2 Å². The molecule has 0 aromatic rings. The van der Waals surface area contributed by atoms with E-state index in [-0.39, 0.29) is 0 Å². The summed E-state index contributed by atoms with van der Waals surface area (Å²) in [4.78, 5) is 0. The minimum Gasteiger partial charge on any atom is -0.280 e. The van der Waals surface area contributed by atoms with Crippen molar-refractivity contribution in [2.75, 3.05) is 13.1 Å². The third-order valence-electron chi connectivity index (χ3n) is 1.95. The molecule has 1 aliphatic heterocycles. The Bertz CT molecular complexity index is 178. The molecule has 1 saturated heterocycles. The molecule has 1 fully saturated rings. The molecule has 72 valence electrons. The second-order valence-corrected chi connectivity index (χ2v) is 9.55. The second-order valence-electron chi connectivity index (χ2n) is 2.69. The summed E-state index contributed by atoms with van der Waals surface area (Å²) in [5.74, 6) is 0. The van der Waals surface area contributed by atoms with Crippen LogP contribution in [0, 0.1) is 0 Å². The Labute approximate surface area is 81.0 Å². The van der Waals surface area contributed by atoms with Crippen molar-refractivity contribution in [3.8, 4) is 0 Å². The molecular formula is C5H14N3OPS2. The number of rotatable bonds is 3. The molecule has 0 bridgehead atoms. The van der Waals surface area contributed by atoms with Crippen LogP contribution < -0.4 is 10.3 Å². The highest BCUT2D eigenvalue weighted by atomic mass is 33.1. The number of hydrogen-bond donors (Lipinski definition) is 2. The van der Waals surface area contributed by atoms with Gasteiger partial charge in [0.2, 0.25) is 0 Å². The lowest BCUT2D eigenvalue weighted by Gasteiger charge is -2.30. The molecule has 7 heteroatoms. The van der Waals surface area contributed by atoms with Crippen LogP contribution in [0.1, 0.15) is 19.3 Å². The predicted octanol–water partition coefficient (Wildman–Crippen LogP) is 1.79. The molecular weight excluding hydrogens is 213 g/mol. The minimum absolute atomic E-state index is 0.867. The topological polar surface area (TPSA) is 72.3 Å². The first kappa shape index (κ1) is 10.9. The van der Waals surface area contributed by atoms with Crippen LogP contribution >= 0.6 is 28.8 Å². The summed E-state index contributed by atoms with van der Waals surface area (Å²) in [6.45, 7) is 1.73. The van der Waals surface area contributed by atoms with Gasteiger partial charge in [-0.1, -0.05) is 6.42 Å². The molecule has 0 unspecified atom stereocenters. The Hall–Kier alpha value is 0.810. The number of nitrogens with two attached hydrogens (primary N) is 2. The maximum atomic E-state index is 11.9. The SMILES string of the molecule is NSP(=O)(SN)N1CCCCC1. The summed E-state index contributed by atoms with van der Waals surface area (Å²) < 4.78 is 13.8. The van der Waals surface area contributed by atoms with Gasteiger partial charge in [-0.2, -0.15) is 0 Å². The lowest BCUT2D eigenvalue weighted by molar-refractivity contribution is 0.358. The first-order valence-electron chi connectivity index (χ1n) is 3.85. The van der Waals surface area contributed by atoms with Crippen molar-refractivity contribution in [3.63, 3.8) is 0 Å². The largest absolute Gasteiger partial charge is 0.285 e.